The zero-order valence-electron chi connectivity index (χ0n) is 12.8. The molecule has 120 valence electrons. The fraction of sp³-hybridized carbons (Fsp3) is 0.211. The van der Waals surface area contributed by atoms with Crippen LogP contribution in [-0.4, -0.2) is 21.3 Å². The van der Waals surface area contributed by atoms with E-state index in [9.17, 15) is 15.0 Å². The van der Waals surface area contributed by atoms with Gasteiger partial charge in [0.1, 0.15) is 11.5 Å². The first-order valence-corrected chi connectivity index (χ1v) is 7.55. The van der Waals surface area contributed by atoms with Gasteiger partial charge in [0.05, 0.1) is 0 Å². The molecule has 4 heteroatoms. The van der Waals surface area contributed by atoms with Crippen molar-refractivity contribution in [3.8, 4) is 11.5 Å². The molecule has 0 heterocycles. The number of unbranched alkanes of at least 4 members (excludes halogenated alkanes) is 1. The second kappa shape index (κ2) is 8.03. The second-order valence-corrected chi connectivity index (χ2v) is 5.46. The van der Waals surface area contributed by atoms with Gasteiger partial charge in [0.25, 0.3) is 0 Å². The van der Waals surface area contributed by atoms with Gasteiger partial charge in [-0.3, -0.25) is 4.79 Å². The molecule has 0 bridgehead atoms. The Morgan fingerprint density at radius 1 is 0.870 bits per heavy atom. The zero-order chi connectivity index (χ0) is 16.7. The lowest BCUT2D eigenvalue weighted by atomic mass is 10.0. The van der Waals surface area contributed by atoms with E-state index in [2.05, 4.69) is 0 Å². The van der Waals surface area contributed by atoms with Gasteiger partial charge in [-0.15, -0.1) is 0 Å². The molecule has 0 unspecified atom stereocenters. The number of phenols is 2. The van der Waals surface area contributed by atoms with Crippen LogP contribution in [0.5, 0.6) is 11.5 Å². The van der Waals surface area contributed by atoms with E-state index in [1.54, 1.807) is 36.4 Å². The van der Waals surface area contributed by atoms with E-state index in [1.807, 2.05) is 18.2 Å². The van der Waals surface area contributed by atoms with Crippen LogP contribution in [-0.2, 0) is 11.2 Å². The number of aliphatic carboxylic acids is 1. The third-order valence-electron chi connectivity index (χ3n) is 3.47. The lowest BCUT2D eigenvalue weighted by Gasteiger charge is -2.04. The van der Waals surface area contributed by atoms with Crippen LogP contribution < -0.4 is 0 Å². The number of carboxylic acids is 1. The Kier molecular flexibility index (Phi) is 5.80. The van der Waals surface area contributed by atoms with Gasteiger partial charge in [-0.1, -0.05) is 30.4 Å². The first-order chi connectivity index (χ1) is 11.0. The lowest BCUT2D eigenvalue weighted by Crippen LogP contribution is -1.95. The summed E-state index contributed by atoms with van der Waals surface area (Å²) in [7, 11) is 0. The summed E-state index contributed by atoms with van der Waals surface area (Å²) in [6.45, 7) is 0. The summed E-state index contributed by atoms with van der Waals surface area (Å²) in [6.07, 6.45) is 6.12. The molecule has 0 aromatic heterocycles. The van der Waals surface area contributed by atoms with Crippen LogP contribution in [0.2, 0.25) is 0 Å². The van der Waals surface area contributed by atoms with Crippen LogP contribution in [0.4, 0.5) is 0 Å². The predicted molar refractivity (Wildman–Crippen MR) is 90.3 cm³/mol. The Bertz CT molecular complexity index is 687. The van der Waals surface area contributed by atoms with Crippen molar-refractivity contribution >= 4 is 18.1 Å². The molecule has 2 aromatic rings. The van der Waals surface area contributed by atoms with Gasteiger partial charge in [0, 0.05) is 6.42 Å². The highest BCUT2D eigenvalue weighted by Crippen LogP contribution is 2.20. The minimum absolute atomic E-state index is 0.173. The quantitative estimate of drug-likeness (QED) is 0.532. The molecule has 0 saturated heterocycles. The third-order valence-corrected chi connectivity index (χ3v) is 3.47. The summed E-state index contributed by atoms with van der Waals surface area (Å²) >= 11 is 0. The maximum atomic E-state index is 10.5. The van der Waals surface area contributed by atoms with Crippen LogP contribution in [0.1, 0.15) is 36.0 Å². The molecule has 23 heavy (non-hydrogen) atoms. The minimum Gasteiger partial charge on any atom is -0.508 e. The molecule has 0 fully saturated rings. The van der Waals surface area contributed by atoms with E-state index in [0.717, 1.165) is 29.5 Å². The molecule has 0 amide bonds. The van der Waals surface area contributed by atoms with E-state index in [4.69, 9.17) is 5.11 Å². The Morgan fingerprint density at radius 3 is 2.26 bits per heavy atom. The molecule has 3 N–H and O–H groups in total. The molecular weight excluding hydrogens is 292 g/mol. The average Bonchev–Trinajstić information content (AvgIpc) is 2.50. The summed E-state index contributed by atoms with van der Waals surface area (Å²) in [5.41, 5.74) is 2.82. The van der Waals surface area contributed by atoms with Crippen LogP contribution >= 0.6 is 0 Å². The zero-order valence-corrected chi connectivity index (χ0v) is 12.8. The molecule has 2 rings (SSSR count). The Balaban J connectivity index is 2.01. The first-order valence-electron chi connectivity index (χ1n) is 7.55. The molecule has 0 spiro atoms. The van der Waals surface area contributed by atoms with Gasteiger partial charge in [0.15, 0.2) is 0 Å². The Labute approximate surface area is 135 Å². The second-order valence-electron chi connectivity index (χ2n) is 5.46. The van der Waals surface area contributed by atoms with E-state index >= 15 is 0 Å². The maximum absolute atomic E-state index is 10.5. The first kappa shape index (κ1) is 16.6. The summed E-state index contributed by atoms with van der Waals surface area (Å²) in [6, 6.07) is 12.2. The van der Waals surface area contributed by atoms with Gasteiger partial charge in [-0.25, -0.2) is 0 Å². The molecule has 4 nitrogen and oxygen atoms in total. The van der Waals surface area contributed by atoms with Crippen molar-refractivity contribution in [1.29, 1.82) is 0 Å². The van der Waals surface area contributed by atoms with Crippen molar-refractivity contribution in [3.63, 3.8) is 0 Å². The van der Waals surface area contributed by atoms with Crippen molar-refractivity contribution in [3.05, 3.63) is 59.2 Å². The van der Waals surface area contributed by atoms with Gasteiger partial charge >= 0.3 is 5.97 Å². The van der Waals surface area contributed by atoms with Gasteiger partial charge in [0.2, 0.25) is 0 Å². The highest BCUT2D eigenvalue weighted by atomic mass is 16.4. The van der Waals surface area contributed by atoms with E-state index in [0.29, 0.717) is 6.42 Å². The van der Waals surface area contributed by atoms with Crippen LogP contribution in [0.25, 0.3) is 12.2 Å². The predicted octanol–water partition coefficient (Wildman–Crippen LogP) is 4.07. The number of phenolic OH excluding ortho intramolecular Hbond substituents is 2. The fourth-order valence-corrected chi connectivity index (χ4v) is 2.32. The number of rotatable bonds is 7. The van der Waals surface area contributed by atoms with Crippen LogP contribution in [0, 0.1) is 0 Å². The standard InChI is InChI=1S/C19H20O4/c20-17-9-7-14(8-10-17)5-6-16-11-15(12-18(21)13-16)3-1-2-4-19(22)23/h5-13,20-21H,1-4H2,(H,22,23). The van der Waals surface area contributed by atoms with Crippen LogP contribution in [0.15, 0.2) is 42.5 Å². The number of benzene rings is 2. The number of carbonyl (C=O) groups is 1. The van der Waals surface area contributed by atoms with E-state index < -0.39 is 5.97 Å². The fourth-order valence-electron chi connectivity index (χ4n) is 2.32. The summed E-state index contributed by atoms with van der Waals surface area (Å²) in [5, 5.41) is 27.7. The topological polar surface area (TPSA) is 77.8 Å². The van der Waals surface area contributed by atoms with Crippen molar-refractivity contribution in [2.45, 2.75) is 25.7 Å². The maximum Gasteiger partial charge on any atom is 0.303 e. The Hall–Kier alpha value is -2.75. The highest BCUT2D eigenvalue weighted by Gasteiger charge is 2.01. The van der Waals surface area contributed by atoms with Crippen molar-refractivity contribution in [2.24, 2.45) is 0 Å². The van der Waals surface area contributed by atoms with Gasteiger partial charge in [-0.05, 0) is 60.2 Å². The molecule has 0 saturated carbocycles. The van der Waals surface area contributed by atoms with Crippen molar-refractivity contribution in [2.75, 3.05) is 0 Å². The molecule has 0 radical (unpaired) electrons. The minimum atomic E-state index is -0.779. The number of hydrogen-bond donors (Lipinski definition) is 3. The smallest absolute Gasteiger partial charge is 0.303 e. The molecule has 0 aliphatic heterocycles. The SMILES string of the molecule is O=C(O)CCCCc1cc(O)cc(C=Cc2ccc(O)cc2)c1. The summed E-state index contributed by atoms with van der Waals surface area (Å²) in [4.78, 5) is 10.5. The van der Waals surface area contributed by atoms with Crippen LogP contribution in [0.3, 0.4) is 0 Å². The lowest BCUT2D eigenvalue weighted by molar-refractivity contribution is -0.137. The van der Waals surface area contributed by atoms with Gasteiger partial charge in [-0.2, -0.15) is 0 Å². The number of carboxylic acid groups (broad SMARTS) is 1. The number of aryl methyl sites for hydroxylation is 1. The molecule has 0 aliphatic rings. The van der Waals surface area contributed by atoms with Gasteiger partial charge < -0.3 is 15.3 Å². The number of hydrogen-bond acceptors (Lipinski definition) is 3. The normalized spacial score (nSPS) is 11.0. The summed E-state index contributed by atoms with van der Waals surface area (Å²) < 4.78 is 0. The Morgan fingerprint density at radius 2 is 1.57 bits per heavy atom. The highest BCUT2D eigenvalue weighted by molar-refractivity contribution is 5.70. The molecule has 2 aromatic carbocycles. The third kappa shape index (κ3) is 5.87. The van der Waals surface area contributed by atoms with E-state index in [-0.39, 0.29) is 17.9 Å². The average molecular weight is 312 g/mol. The molecule has 0 atom stereocenters. The van der Waals surface area contributed by atoms with Crippen molar-refractivity contribution in [1.82, 2.24) is 0 Å². The van der Waals surface area contributed by atoms with E-state index in [1.165, 1.54) is 0 Å². The summed E-state index contributed by atoms with van der Waals surface area (Å²) in [5.74, 6) is -0.354. The largest absolute Gasteiger partial charge is 0.508 e. The number of aromatic hydroxyl groups is 2. The molecular formula is C19H20O4. The molecule has 0 aliphatic carbocycles. The monoisotopic (exact) mass is 312 g/mol. The van der Waals surface area contributed by atoms with Crippen molar-refractivity contribution < 1.29 is 20.1 Å².